The Morgan fingerprint density at radius 1 is 1.00 bits per heavy atom. The van der Waals surface area contributed by atoms with Crippen LogP contribution in [0.25, 0.3) is 0 Å². The van der Waals surface area contributed by atoms with Crippen LogP contribution in [-0.2, 0) is 0 Å². The summed E-state index contributed by atoms with van der Waals surface area (Å²) < 4.78 is 15.4. The first kappa shape index (κ1) is 15.3. The third-order valence-corrected chi connectivity index (χ3v) is 4.88. The summed E-state index contributed by atoms with van der Waals surface area (Å²) in [6.45, 7) is 0. The van der Waals surface area contributed by atoms with E-state index < -0.39 is 11.9 Å². The second kappa shape index (κ2) is 6.10. The van der Waals surface area contributed by atoms with Crippen LogP contribution in [0.5, 0.6) is 0 Å². The summed E-state index contributed by atoms with van der Waals surface area (Å²) in [5.74, 6) is -0.523. The molecule has 0 bridgehead atoms. The monoisotopic (exact) mass is 425 g/mol. The molecule has 0 radical (unpaired) electrons. The van der Waals surface area contributed by atoms with Gasteiger partial charge in [0.1, 0.15) is 5.82 Å². The maximum Gasteiger partial charge on any atom is 0.148 e. The van der Waals surface area contributed by atoms with E-state index in [0.29, 0.717) is 15.1 Å². The van der Waals surface area contributed by atoms with Crippen molar-refractivity contribution in [1.29, 1.82) is 0 Å². The summed E-state index contributed by atoms with van der Waals surface area (Å²) in [7, 11) is 0. The van der Waals surface area contributed by atoms with E-state index in [9.17, 15) is 4.39 Å². The van der Waals surface area contributed by atoms with E-state index in [2.05, 4.69) is 31.9 Å². The largest absolute Gasteiger partial charge is 0.320 e. The van der Waals surface area contributed by atoms with Crippen LogP contribution in [0.2, 0.25) is 10.0 Å². The van der Waals surface area contributed by atoms with Gasteiger partial charge in [0.25, 0.3) is 0 Å². The van der Waals surface area contributed by atoms with Crippen molar-refractivity contribution >= 4 is 55.1 Å². The zero-order valence-corrected chi connectivity index (χ0v) is 14.1. The predicted molar refractivity (Wildman–Crippen MR) is 84.3 cm³/mol. The Morgan fingerprint density at radius 3 is 2.26 bits per heavy atom. The molecular weight excluding hydrogens is 420 g/mol. The molecule has 2 rings (SSSR count). The number of nitrogens with two attached hydrogens (primary N) is 1. The molecule has 0 aromatic heterocycles. The Balaban J connectivity index is 2.50. The van der Waals surface area contributed by atoms with E-state index in [4.69, 9.17) is 28.9 Å². The molecule has 2 N–H and O–H groups in total. The molecule has 0 amide bonds. The highest BCUT2D eigenvalue weighted by atomic mass is 79.9. The zero-order chi connectivity index (χ0) is 14.2. The molecular formula is C13H8Br2Cl2FN. The number of halogens is 5. The number of hydrogen-bond acceptors (Lipinski definition) is 1. The summed E-state index contributed by atoms with van der Waals surface area (Å²) in [5.41, 5.74) is 7.17. The van der Waals surface area contributed by atoms with Gasteiger partial charge in [0, 0.05) is 19.5 Å². The van der Waals surface area contributed by atoms with Gasteiger partial charge in [0.15, 0.2) is 0 Å². The van der Waals surface area contributed by atoms with Gasteiger partial charge in [0.2, 0.25) is 0 Å². The molecule has 19 heavy (non-hydrogen) atoms. The minimum absolute atomic E-state index is 0.0260. The molecule has 1 nitrogen and oxygen atoms in total. The Kier molecular flexibility index (Phi) is 4.90. The Bertz CT molecular complexity index is 634. The van der Waals surface area contributed by atoms with Crippen LogP contribution in [0.15, 0.2) is 39.3 Å². The molecule has 0 aliphatic heterocycles. The van der Waals surface area contributed by atoms with E-state index >= 15 is 0 Å². The molecule has 0 saturated carbocycles. The van der Waals surface area contributed by atoms with Crippen LogP contribution < -0.4 is 5.73 Å². The zero-order valence-electron chi connectivity index (χ0n) is 9.43. The maximum absolute atomic E-state index is 14.1. The second-order valence-corrected chi connectivity index (χ2v) is 6.43. The van der Waals surface area contributed by atoms with Crippen LogP contribution in [0.3, 0.4) is 0 Å². The lowest BCUT2D eigenvalue weighted by Crippen LogP contribution is -2.14. The van der Waals surface area contributed by atoms with E-state index in [1.165, 1.54) is 0 Å². The van der Waals surface area contributed by atoms with Crippen molar-refractivity contribution in [2.24, 2.45) is 5.73 Å². The first-order valence-corrected chi connectivity index (χ1v) is 7.60. The summed E-state index contributed by atoms with van der Waals surface area (Å²) >= 11 is 18.3. The van der Waals surface area contributed by atoms with Gasteiger partial charge in [-0.1, -0.05) is 51.3 Å². The normalized spacial score (nSPS) is 12.5. The molecule has 2 aromatic rings. The molecule has 0 heterocycles. The van der Waals surface area contributed by atoms with Crippen molar-refractivity contribution in [3.8, 4) is 0 Å². The molecule has 6 heteroatoms. The van der Waals surface area contributed by atoms with Crippen molar-refractivity contribution < 1.29 is 4.39 Å². The summed E-state index contributed by atoms with van der Waals surface area (Å²) in [6, 6.07) is 7.83. The number of rotatable bonds is 2. The molecule has 2 aromatic carbocycles. The van der Waals surface area contributed by atoms with Gasteiger partial charge in [-0.15, -0.1) is 0 Å². The average molecular weight is 428 g/mol. The van der Waals surface area contributed by atoms with E-state index in [1.54, 1.807) is 30.3 Å². The molecule has 0 spiro atoms. The Labute approximate surface area is 137 Å². The van der Waals surface area contributed by atoms with Gasteiger partial charge < -0.3 is 5.73 Å². The molecule has 0 aliphatic carbocycles. The fourth-order valence-corrected chi connectivity index (χ4v) is 3.11. The highest BCUT2D eigenvalue weighted by molar-refractivity contribution is 9.10. The topological polar surface area (TPSA) is 26.0 Å². The molecule has 0 saturated heterocycles. The van der Waals surface area contributed by atoms with Gasteiger partial charge in [-0.05, 0) is 39.7 Å². The Morgan fingerprint density at radius 2 is 1.63 bits per heavy atom. The minimum Gasteiger partial charge on any atom is -0.320 e. The van der Waals surface area contributed by atoms with Crippen LogP contribution in [0.4, 0.5) is 4.39 Å². The smallest absolute Gasteiger partial charge is 0.148 e. The lowest BCUT2D eigenvalue weighted by molar-refractivity contribution is 0.599. The third kappa shape index (κ3) is 3.14. The lowest BCUT2D eigenvalue weighted by Gasteiger charge is -2.16. The van der Waals surface area contributed by atoms with Crippen LogP contribution in [0.1, 0.15) is 17.2 Å². The van der Waals surface area contributed by atoms with E-state index in [1.807, 2.05) is 0 Å². The fourth-order valence-electron chi connectivity index (χ4n) is 1.70. The van der Waals surface area contributed by atoms with Crippen molar-refractivity contribution in [2.45, 2.75) is 6.04 Å². The van der Waals surface area contributed by atoms with Gasteiger partial charge in [0.05, 0.1) is 11.1 Å². The van der Waals surface area contributed by atoms with Crippen LogP contribution in [0, 0.1) is 5.82 Å². The second-order valence-electron chi connectivity index (χ2n) is 3.91. The SMILES string of the molecule is NC(c1ccc(Cl)cc1Br)c1ccc(Br)c(Cl)c1F. The van der Waals surface area contributed by atoms with Crippen LogP contribution in [-0.4, -0.2) is 0 Å². The standard InChI is InChI=1S/C13H8Br2Cl2FN/c14-9-4-3-8(12(18)11(9)17)13(19)7-2-1-6(16)5-10(7)15/h1-5,13H,19H2. The van der Waals surface area contributed by atoms with E-state index in [0.717, 1.165) is 10.0 Å². The first-order valence-electron chi connectivity index (χ1n) is 5.25. The van der Waals surface area contributed by atoms with Gasteiger partial charge in [-0.3, -0.25) is 0 Å². The van der Waals surface area contributed by atoms with Crippen molar-refractivity contribution in [2.75, 3.05) is 0 Å². The fraction of sp³-hybridized carbons (Fsp3) is 0.0769. The van der Waals surface area contributed by atoms with Gasteiger partial charge in [-0.2, -0.15) is 0 Å². The van der Waals surface area contributed by atoms with Crippen molar-refractivity contribution in [3.63, 3.8) is 0 Å². The third-order valence-electron chi connectivity index (χ3n) is 2.70. The minimum atomic E-state index is -0.628. The average Bonchev–Trinajstić information content (AvgIpc) is 2.35. The van der Waals surface area contributed by atoms with Crippen LogP contribution >= 0.6 is 55.1 Å². The molecule has 1 unspecified atom stereocenters. The molecule has 0 fully saturated rings. The predicted octanol–water partition coefficient (Wildman–Crippen LogP) is 5.71. The Hall–Kier alpha value is -0.130. The van der Waals surface area contributed by atoms with Crippen molar-refractivity contribution in [3.05, 3.63) is 66.3 Å². The summed E-state index contributed by atoms with van der Waals surface area (Å²) in [5, 5.41) is 0.607. The van der Waals surface area contributed by atoms with Gasteiger partial charge >= 0.3 is 0 Å². The maximum atomic E-state index is 14.1. The van der Waals surface area contributed by atoms with E-state index in [-0.39, 0.29) is 5.02 Å². The quantitative estimate of drug-likeness (QED) is 0.611. The highest BCUT2D eigenvalue weighted by Gasteiger charge is 2.19. The molecule has 0 aliphatic rings. The summed E-state index contributed by atoms with van der Waals surface area (Å²) in [6.07, 6.45) is 0. The molecule has 1 atom stereocenters. The highest BCUT2D eigenvalue weighted by Crippen LogP contribution is 2.34. The molecule has 100 valence electrons. The first-order chi connectivity index (χ1) is 8.91. The lowest BCUT2D eigenvalue weighted by atomic mass is 9.99. The number of hydrogen-bond donors (Lipinski definition) is 1. The number of benzene rings is 2. The van der Waals surface area contributed by atoms with Crippen molar-refractivity contribution in [1.82, 2.24) is 0 Å². The summed E-state index contributed by atoms with van der Waals surface area (Å²) in [4.78, 5) is 0. The van der Waals surface area contributed by atoms with Gasteiger partial charge in [-0.25, -0.2) is 4.39 Å².